The van der Waals surface area contributed by atoms with Crippen LogP contribution < -0.4 is 42.2 Å². The van der Waals surface area contributed by atoms with E-state index in [-0.39, 0.29) is 58.7 Å². The van der Waals surface area contributed by atoms with Gasteiger partial charge in [-0.1, -0.05) is 42.5 Å². The molecule has 0 unspecified atom stereocenters. The highest BCUT2D eigenvalue weighted by Crippen LogP contribution is 2.52. The van der Waals surface area contributed by atoms with Crippen LogP contribution in [0.5, 0.6) is 23.0 Å². The number of aromatic hydroxyl groups is 2. The lowest BCUT2D eigenvalue weighted by Crippen LogP contribution is -2.56. The second kappa shape index (κ2) is 23.3. The summed E-state index contributed by atoms with van der Waals surface area (Å²) in [6.45, 7) is 2.19. The lowest BCUT2D eigenvalue weighted by Gasteiger charge is -2.42. The van der Waals surface area contributed by atoms with Gasteiger partial charge in [0, 0.05) is 48.1 Å². The van der Waals surface area contributed by atoms with Crippen molar-refractivity contribution in [3.63, 3.8) is 0 Å². The van der Waals surface area contributed by atoms with Crippen LogP contribution in [-0.4, -0.2) is 135 Å². The van der Waals surface area contributed by atoms with Crippen molar-refractivity contribution in [1.29, 1.82) is 0 Å². The highest BCUT2D eigenvalue weighted by molar-refractivity contribution is 6.31. The summed E-state index contributed by atoms with van der Waals surface area (Å²) in [7, 11) is 1.29. The van der Waals surface area contributed by atoms with Crippen molar-refractivity contribution in [2.75, 3.05) is 25.6 Å². The van der Waals surface area contributed by atoms with Crippen LogP contribution in [0.25, 0.3) is 0 Å². The molecule has 0 radical (unpaired) electrons. The van der Waals surface area contributed by atoms with Gasteiger partial charge in [-0.15, -0.1) is 0 Å². The summed E-state index contributed by atoms with van der Waals surface area (Å²) >= 11 is 0. The number of phenols is 2. The first kappa shape index (κ1) is 54.5. The fourth-order valence-corrected chi connectivity index (χ4v) is 9.38. The predicted octanol–water partition coefficient (Wildman–Crippen LogP) is 1.46. The van der Waals surface area contributed by atoms with Gasteiger partial charge >= 0.3 is 6.09 Å². The molecule has 394 valence electrons. The van der Waals surface area contributed by atoms with Gasteiger partial charge in [-0.05, 0) is 75.5 Å². The van der Waals surface area contributed by atoms with E-state index in [2.05, 4.69) is 21.3 Å². The smallest absolute Gasteiger partial charge is 0.412 e. The average Bonchev–Trinajstić information content (AvgIpc) is 3.37. The van der Waals surface area contributed by atoms with Crippen LogP contribution in [0.4, 0.5) is 10.5 Å². The number of Topliss-reactive ketones (excluding diaryl/α,β-unsaturated/α-hetero) is 1. The van der Waals surface area contributed by atoms with Crippen LogP contribution in [0.3, 0.4) is 0 Å². The van der Waals surface area contributed by atoms with E-state index in [9.17, 15) is 59.1 Å². The maximum atomic E-state index is 14.1. The number of carbonyl (C=O) groups is 7. The SMILES string of the molecule is COc1cccc2c1C(=O)c1c(O)c3c(c(O)c1C2=O)C[C@@](O)(C(=O)CO)C[C@@H]3O[C@H]1C[C@H](NC(=O)Oc2ccc(NC(=O)[C@H](CCCCN)NC(=O)[C@H](Cc3ccccc3)NC(=O)[C@@H](C)N)cc2)[C@H](O)[C@H](C)O1. The Bertz CT molecular complexity index is 2790. The number of nitrogens with one attached hydrogen (secondary N) is 4. The third-order valence-corrected chi connectivity index (χ3v) is 13.3. The second-order valence-electron chi connectivity index (χ2n) is 18.5. The van der Waals surface area contributed by atoms with Crippen molar-refractivity contribution in [2.24, 2.45) is 11.5 Å². The Balaban J connectivity index is 1.03. The van der Waals surface area contributed by atoms with E-state index in [0.717, 1.165) is 5.56 Å². The topological polar surface area (TPSA) is 358 Å². The van der Waals surface area contributed by atoms with E-state index >= 15 is 0 Å². The lowest BCUT2D eigenvalue weighted by atomic mass is 9.72. The zero-order chi connectivity index (χ0) is 53.6. The van der Waals surface area contributed by atoms with E-state index in [4.69, 9.17) is 30.4 Å². The molecule has 74 heavy (non-hydrogen) atoms. The second-order valence-corrected chi connectivity index (χ2v) is 18.5. The van der Waals surface area contributed by atoms with Crippen molar-refractivity contribution in [2.45, 2.75) is 113 Å². The number of carbonyl (C=O) groups excluding carboxylic acids is 7. The first-order valence-corrected chi connectivity index (χ1v) is 24.0. The van der Waals surface area contributed by atoms with Crippen molar-refractivity contribution >= 4 is 46.9 Å². The van der Waals surface area contributed by atoms with Gasteiger partial charge in [-0.2, -0.15) is 0 Å². The number of ether oxygens (including phenoxy) is 4. The molecule has 0 saturated carbocycles. The third-order valence-electron chi connectivity index (χ3n) is 13.3. The number of phenolic OH excluding ortho intramolecular Hbond substituents is 2. The molecule has 22 nitrogen and oxygen atoms in total. The van der Waals surface area contributed by atoms with Crippen LogP contribution >= 0.6 is 0 Å². The number of amides is 4. The Morgan fingerprint density at radius 1 is 0.865 bits per heavy atom. The summed E-state index contributed by atoms with van der Waals surface area (Å²) in [5, 5.41) is 66.9. The van der Waals surface area contributed by atoms with E-state index in [1.807, 2.05) is 6.07 Å². The zero-order valence-electron chi connectivity index (χ0n) is 40.8. The van der Waals surface area contributed by atoms with Gasteiger partial charge in [0.05, 0.1) is 48.1 Å². The maximum Gasteiger partial charge on any atom is 0.412 e. The molecule has 0 spiro atoms. The first-order chi connectivity index (χ1) is 35.3. The average molecular weight is 1030 g/mol. The lowest BCUT2D eigenvalue weighted by molar-refractivity contribution is -0.249. The van der Waals surface area contributed by atoms with Crippen LogP contribution in [0.2, 0.25) is 0 Å². The molecule has 4 amide bonds. The largest absolute Gasteiger partial charge is 0.507 e. The van der Waals surface area contributed by atoms with E-state index in [1.54, 1.807) is 24.3 Å². The monoisotopic (exact) mass is 1020 g/mol. The number of unbranched alkanes of at least 4 members (excludes halogenated alkanes) is 1. The van der Waals surface area contributed by atoms with Crippen LogP contribution in [0.15, 0.2) is 72.8 Å². The quantitative estimate of drug-likeness (QED) is 0.0412. The van der Waals surface area contributed by atoms with Crippen molar-refractivity contribution in [3.8, 4) is 23.0 Å². The fourth-order valence-electron chi connectivity index (χ4n) is 9.38. The number of anilines is 1. The van der Waals surface area contributed by atoms with Crippen LogP contribution in [-0.2, 0) is 41.5 Å². The molecule has 22 heteroatoms. The molecule has 0 bridgehead atoms. The number of benzene rings is 4. The number of nitrogens with two attached hydrogens (primary N) is 2. The molecule has 9 atom stereocenters. The molecule has 7 rings (SSSR count). The number of hydrogen-bond donors (Lipinski definition) is 11. The Hall–Kier alpha value is -7.31. The van der Waals surface area contributed by atoms with Crippen molar-refractivity contribution < 1.29 is 78.0 Å². The summed E-state index contributed by atoms with van der Waals surface area (Å²) in [5.41, 5.74) is 8.13. The molecule has 1 saturated heterocycles. The summed E-state index contributed by atoms with van der Waals surface area (Å²) in [4.78, 5) is 94.2. The molecule has 1 fully saturated rings. The molecule has 13 N–H and O–H groups in total. The number of aliphatic hydroxyl groups is 3. The minimum Gasteiger partial charge on any atom is -0.507 e. The van der Waals surface area contributed by atoms with Gasteiger partial charge in [0.25, 0.3) is 0 Å². The summed E-state index contributed by atoms with van der Waals surface area (Å²) < 4.78 is 23.0. The highest BCUT2D eigenvalue weighted by atomic mass is 16.7. The fraction of sp³-hybridized carbons (Fsp3) is 0.404. The zero-order valence-corrected chi connectivity index (χ0v) is 40.8. The Labute approximate surface area is 424 Å². The first-order valence-electron chi connectivity index (χ1n) is 24.0. The molecule has 0 aromatic heterocycles. The van der Waals surface area contributed by atoms with Crippen LogP contribution in [0.1, 0.15) is 101 Å². The van der Waals surface area contributed by atoms with Crippen molar-refractivity contribution in [3.05, 3.63) is 112 Å². The molecule has 2 aliphatic carbocycles. The van der Waals surface area contributed by atoms with E-state index in [1.165, 1.54) is 63.4 Å². The maximum absolute atomic E-state index is 14.1. The number of ketones is 3. The summed E-state index contributed by atoms with van der Waals surface area (Å²) in [6, 6.07) is 14.8. The number of aliphatic hydroxyl groups excluding tert-OH is 2. The number of hydrogen-bond acceptors (Lipinski definition) is 18. The normalized spacial score (nSPS) is 22.1. The Morgan fingerprint density at radius 2 is 1.55 bits per heavy atom. The molecular formula is C52H60N6O16. The van der Waals surface area contributed by atoms with Gasteiger partial charge in [-0.3, -0.25) is 28.8 Å². The van der Waals surface area contributed by atoms with Crippen molar-refractivity contribution in [1.82, 2.24) is 16.0 Å². The molecule has 1 heterocycles. The van der Waals surface area contributed by atoms with Gasteiger partial charge in [0.2, 0.25) is 23.5 Å². The molecule has 4 aromatic rings. The molecule has 3 aliphatic rings. The minimum absolute atomic E-state index is 0.0165. The van der Waals surface area contributed by atoms with Gasteiger partial charge in [0.15, 0.2) is 17.9 Å². The predicted molar refractivity (Wildman–Crippen MR) is 262 cm³/mol. The van der Waals surface area contributed by atoms with Gasteiger partial charge in [-0.25, -0.2) is 4.79 Å². The molecule has 1 aliphatic heterocycles. The summed E-state index contributed by atoms with van der Waals surface area (Å²) in [6.07, 6.45) is -6.52. The molecular weight excluding hydrogens is 965 g/mol. The van der Waals surface area contributed by atoms with Gasteiger partial charge in [0.1, 0.15) is 53.4 Å². The number of fused-ring (bicyclic) bond motifs is 3. The van der Waals surface area contributed by atoms with E-state index < -0.39 is 138 Å². The minimum atomic E-state index is -2.41. The number of methoxy groups -OCH3 is 1. The van der Waals surface area contributed by atoms with Gasteiger partial charge < -0.3 is 77.2 Å². The third kappa shape index (κ3) is 11.7. The van der Waals surface area contributed by atoms with E-state index in [0.29, 0.717) is 19.4 Å². The van der Waals surface area contributed by atoms with Crippen LogP contribution in [0, 0.1) is 0 Å². The summed E-state index contributed by atoms with van der Waals surface area (Å²) in [5.74, 6) is -6.03. The Morgan fingerprint density at radius 3 is 2.22 bits per heavy atom. The molecule has 4 aromatic carbocycles. The standard InChI is InChI=1S/C52H60N6O16/c1-25(54)48(66)57-34(20-27-10-5-4-6-11-27)50(68)56-32(13-7-8-19-53)49(67)55-28-15-17-29(18-16-28)73-51(69)58-33-21-38(72-26(2)43(33)61)74-36-23-52(70,37(60)24-59)22-31-40(36)47(65)42-41(45(31)63)44(62)30-12-9-14-35(71-3)39(30)46(42)64/h4-6,9-12,14-18,25-26,32-34,36,38,43,59,61,63,65,70H,7-8,13,19-24,53-54H2,1-3H3,(H,55,67)(H,56,68)(H,57,66)(H,58,69)/t25-,26+,32+,33+,34+,36+,38+,43-,52+/m1/s1. The Kier molecular flexibility index (Phi) is 17.1. The highest BCUT2D eigenvalue weighted by Gasteiger charge is 2.50. The number of rotatable bonds is 19.